The van der Waals surface area contributed by atoms with Crippen LogP contribution in [0.3, 0.4) is 0 Å². The average molecular weight is 456 g/mol. The number of hydrogen-bond donors (Lipinski definition) is 0. The van der Waals surface area contributed by atoms with Gasteiger partial charge >= 0.3 is 0 Å². The van der Waals surface area contributed by atoms with Crippen molar-refractivity contribution in [3.05, 3.63) is 65.0 Å². The zero-order chi connectivity index (χ0) is 22.7. The van der Waals surface area contributed by atoms with E-state index in [0.717, 1.165) is 49.7 Å². The SMILES string of the molecule is Cc1cc(C(=O)CN2CCN(CC=Cc3ccccc3)CC2)c(C)n1C1CCS(=O)(=O)C1. The first kappa shape index (κ1) is 23.0. The monoisotopic (exact) mass is 455 g/mol. The number of piperazine rings is 1. The number of benzene rings is 1. The van der Waals surface area contributed by atoms with E-state index in [1.807, 2.05) is 38.1 Å². The summed E-state index contributed by atoms with van der Waals surface area (Å²) in [4.78, 5) is 17.7. The lowest BCUT2D eigenvalue weighted by Crippen LogP contribution is -2.47. The highest BCUT2D eigenvalue weighted by Crippen LogP contribution is 2.29. The Hall–Kier alpha value is -2.22. The van der Waals surface area contributed by atoms with Crippen LogP contribution >= 0.6 is 0 Å². The third-order valence-corrected chi connectivity index (χ3v) is 8.41. The number of Topliss-reactive ketones (excluding diaryl/α,β-unsaturated/α-hetero) is 1. The number of ketones is 1. The van der Waals surface area contributed by atoms with Crippen molar-refractivity contribution in [3.8, 4) is 0 Å². The predicted octanol–water partition coefficient (Wildman–Crippen LogP) is 2.98. The maximum Gasteiger partial charge on any atom is 0.178 e. The van der Waals surface area contributed by atoms with Gasteiger partial charge in [0.1, 0.15) is 0 Å². The molecule has 2 fully saturated rings. The number of hydrogen-bond acceptors (Lipinski definition) is 5. The van der Waals surface area contributed by atoms with Crippen LogP contribution in [0.5, 0.6) is 0 Å². The standard InChI is InChI=1S/C25H33N3O3S/c1-20-17-24(21(2)28(20)23-10-16-32(30,31)19-23)25(29)18-27-14-12-26(13-15-27)11-6-9-22-7-4-3-5-8-22/h3-9,17,23H,10-16,18-19H2,1-2H3. The zero-order valence-corrected chi connectivity index (χ0v) is 19.9. The highest BCUT2D eigenvalue weighted by Gasteiger charge is 2.32. The van der Waals surface area contributed by atoms with E-state index in [0.29, 0.717) is 13.0 Å². The summed E-state index contributed by atoms with van der Waals surface area (Å²) in [6, 6.07) is 12.2. The fourth-order valence-electron chi connectivity index (χ4n) is 4.92. The molecule has 1 aromatic heterocycles. The molecule has 4 rings (SSSR count). The summed E-state index contributed by atoms with van der Waals surface area (Å²) >= 11 is 0. The lowest BCUT2D eigenvalue weighted by molar-refractivity contribution is 0.0864. The maximum atomic E-state index is 13.1. The van der Waals surface area contributed by atoms with Crippen LogP contribution in [-0.4, -0.2) is 79.3 Å². The van der Waals surface area contributed by atoms with Gasteiger partial charge in [-0.25, -0.2) is 8.42 Å². The Morgan fingerprint density at radius 2 is 1.75 bits per heavy atom. The number of aryl methyl sites for hydroxylation is 1. The Morgan fingerprint density at radius 1 is 1.06 bits per heavy atom. The molecule has 1 aromatic carbocycles. The summed E-state index contributed by atoms with van der Waals surface area (Å²) < 4.78 is 25.9. The highest BCUT2D eigenvalue weighted by molar-refractivity contribution is 7.91. The third-order valence-electron chi connectivity index (χ3n) is 6.66. The molecule has 0 spiro atoms. The van der Waals surface area contributed by atoms with Gasteiger partial charge in [-0.05, 0) is 31.9 Å². The smallest absolute Gasteiger partial charge is 0.178 e. The summed E-state index contributed by atoms with van der Waals surface area (Å²) in [5, 5.41) is 0. The van der Waals surface area contributed by atoms with Crippen molar-refractivity contribution < 1.29 is 13.2 Å². The van der Waals surface area contributed by atoms with E-state index in [1.54, 1.807) is 0 Å². The largest absolute Gasteiger partial charge is 0.344 e. The molecule has 0 bridgehead atoms. The van der Waals surface area contributed by atoms with Gasteiger partial charge < -0.3 is 4.57 Å². The molecule has 2 aromatic rings. The van der Waals surface area contributed by atoms with Gasteiger partial charge in [-0.15, -0.1) is 0 Å². The summed E-state index contributed by atoms with van der Waals surface area (Å²) in [7, 11) is -2.96. The average Bonchev–Trinajstić information content (AvgIpc) is 3.27. The lowest BCUT2D eigenvalue weighted by atomic mass is 10.1. The maximum absolute atomic E-state index is 13.1. The zero-order valence-electron chi connectivity index (χ0n) is 19.0. The number of carbonyl (C=O) groups is 1. The van der Waals surface area contributed by atoms with E-state index in [9.17, 15) is 13.2 Å². The van der Waals surface area contributed by atoms with Crippen molar-refractivity contribution in [2.45, 2.75) is 26.3 Å². The highest BCUT2D eigenvalue weighted by atomic mass is 32.2. The fourth-order valence-corrected chi connectivity index (χ4v) is 6.62. The summed E-state index contributed by atoms with van der Waals surface area (Å²) in [6.45, 7) is 8.91. The molecule has 2 aliphatic heterocycles. The van der Waals surface area contributed by atoms with Gasteiger partial charge in [0.15, 0.2) is 15.6 Å². The van der Waals surface area contributed by atoms with Crippen LogP contribution in [0.1, 0.15) is 39.8 Å². The van der Waals surface area contributed by atoms with E-state index in [1.165, 1.54) is 5.56 Å². The van der Waals surface area contributed by atoms with Crippen LogP contribution < -0.4 is 0 Å². The van der Waals surface area contributed by atoms with Crippen LogP contribution in [0.2, 0.25) is 0 Å². The Balaban J connectivity index is 1.30. The molecule has 3 heterocycles. The molecule has 2 saturated heterocycles. The molecule has 1 atom stereocenters. The van der Waals surface area contributed by atoms with Crippen LogP contribution in [0, 0.1) is 13.8 Å². The van der Waals surface area contributed by atoms with E-state index in [4.69, 9.17) is 0 Å². The van der Waals surface area contributed by atoms with Gasteiger partial charge in [0.25, 0.3) is 0 Å². The molecular weight excluding hydrogens is 422 g/mol. The molecule has 7 heteroatoms. The van der Waals surface area contributed by atoms with Crippen LogP contribution in [-0.2, 0) is 9.84 Å². The number of carbonyl (C=O) groups excluding carboxylic acids is 1. The Morgan fingerprint density at radius 3 is 2.41 bits per heavy atom. The van der Waals surface area contributed by atoms with Crippen molar-refractivity contribution in [1.82, 2.24) is 14.4 Å². The quantitative estimate of drug-likeness (QED) is 0.601. The second-order valence-electron chi connectivity index (χ2n) is 9.02. The van der Waals surface area contributed by atoms with Crippen molar-refractivity contribution in [2.75, 3.05) is 50.8 Å². The molecule has 0 aliphatic carbocycles. The fraction of sp³-hybridized carbons (Fsp3) is 0.480. The van der Waals surface area contributed by atoms with Crippen LogP contribution in [0.25, 0.3) is 6.08 Å². The van der Waals surface area contributed by atoms with Crippen molar-refractivity contribution in [2.24, 2.45) is 0 Å². The molecule has 172 valence electrons. The molecular formula is C25H33N3O3S. The van der Waals surface area contributed by atoms with Crippen LogP contribution in [0.15, 0.2) is 42.5 Å². The number of aromatic nitrogens is 1. The number of sulfone groups is 1. The van der Waals surface area contributed by atoms with E-state index < -0.39 is 9.84 Å². The molecule has 6 nitrogen and oxygen atoms in total. The predicted molar refractivity (Wildman–Crippen MR) is 129 cm³/mol. The van der Waals surface area contributed by atoms with Crippen LogP contribution in [0.4, 0.5) is 0 Å². The number of rotatable bonds is 7. The summed E-state index contributed by atoms with van der Waals surface area (Å²) in [5.41, 5.74) is 3.83. The molecule has 0 radical (unpaired) electrons. The second kappa shape index (κ2) is 9.73. The van der Waals surface area contributed by atoms with Crippen molar-refractivity contribution >= 4 is 21.7 Å². The van der Waals surface area contributed by atoms with Gasteiger partial charge in [0.05, 0.1) is 18.1 Å². The molecule has 2 aliphatic rings. The minimum Gasteiger partial charge on any atom is -0.344 e. The third kappa shape index (κ3) is 5.39. The van der Waals surface area contributed by atoms with Gasteiger partial charge in [-0.1, -0.05) is 42.5 Å². The van der Waals surface area contributed by atoms with Crippen molar-refractivity contribution in [1.29, 1.82) is 0 Å². The lowest BCUT2D eigenvalue weighted by Gasteiger charge is -2.33. The van der Waals surface area contributed by atoms with E-state index in [2.05, 4.69) is 38.7 Å². The minimum atomic E-state index is -2.96. The van der Waals surface area contributed by atoms with E-state index >= 15 is 0 Å². The molecule has 0 amide bonds. The van der Waals surface area contributed by atoms with Gasteiger partial charge in [-0.3, -0.25) is 14.6 Å². The Bertz CT molecular complexity index is 1080. The van der Waals surface area contributed by atoms with Gasteiger partial charge in [0, 0.05) is 55.7 Å². The second-order valence-corrected chi connectivity index (χ2v) is 11.3. The number of nitrogens with zero attached hydrogens (tertiary/aromatic N) is 3. The Labute approximate surface area is 191 Å². The minimum absolute atomic E-state index is 0.0472. The molecule has 0 N–H and O–H groups in total. The Kier molecular flexibility index (Phi) is 6.98. The van der Waals surface area contributed by atoms with Crippen molar-refractivity contribution in [3.63, 3.8) is 0 Å². The summed E-state index contributed by atoms with van der Waals surface area (Å²) in [5.74, 6) is 0.545. The first-order chi connectivity index (χ1) is 15.3. The first-order valence-corrected chi connectivity index (χ1v) is 13.2. The van der Waals surface area contributed by atoms with Gasteiger partial charge in [-0.2, -0.15) is 0 Å². The molecule has 1 unspecified atom stereocenters. The first-order valence-electron chi connectivity index (χ1n) is 11.4. The molecule has 0 saturated carbocycles. The molecule has 32 heavy (non-hydrogen) atoms. The normalized spacial score (nSPS) is 22.0. The topological polar surface area (TPSA) is 62.6 Å². The van der Waals surface area contributed by atoms with Gasteiger partial charge in [0.2, 0.25) is 0 Å². The summed E-state index contributed by atoms with van der Waals surface area (Å²) in [6.07, 6.45) is 4.99. The van der Waals surface area contributed by atoms with E-state index in [-0.39, 0.29) is 23.3 Å².